The first kappa shape index (κ1) is 21.1. The van der Waals surface area contributed by atoms with Gasteiger partial charge in [-0.05, 0) is 37.6 Å². The lowest BCUT2D eigenvalue weighted by molar-refractivity contribution is -0.114. The molecule has 3 aromatic rings. The highest BCUT2D eigenvalue weighted by Gasteiger charge is 2.17. The van der Waals surface area contributed by atoms with Crippen molar-refractivity contribution in [1.29, 1.82) is 5.26 Å². The van der Waals surface area contributed by atoms with Gasteiger partial charge in [0.2, 0.25) is 5.91 Å². The Hall–Kier alpha value is -3.63. The van der Waals surface area contributed by atoms with E-state index in [1.807, 2.05) is 38.1 Å². The summed E-state index contributed by atoms with van der Waals surface area (Å²) in [6.07, 6.45) is 1.68. The zero-order valence-electron chi connectivity index (χ0n) is 16.9. The number of phenolic OH excluding ortho intramolecular Hbond substituents is 1. The van der Waals surface area contributed by atoms with Crippen molar-refractivity contribution in [2.75, 3.05) is 11.9 Å². The van der Waals surface area contributed by atoms with Gasteiger partial charge in [-0.2, -0.15) is 5.26 Å². The number of hydrogen-bond acceptors (Lipinski definition) is 6. The van der Waals surface area contributed by atoms with Crippen LogP contribution in [0.5, 0.6) is 11.5 Å². The average molecular weight is 420 g/mol. The van der Waals surface area contributed by atoms with Crippen molar-refractivity contribution in [3.8, 4) is 28.8 Å². The van der Waals surface area contributed by atoms with E-state index in [4.69, 9.17) is 4.74 Å². The predicted octanol–water partition coefficient (Wildman–Crippen LogP) is 5.25. The van der Waals surface area contributed by atoms with E-state index in [0.29, 0.717) is 39.2 Å². The molecule has 0 bridgehead atoms. The highest BCUT2D eigenvalue weighted by atomic mass is 32.1. The summed E-state index contributed by atoms with van der Waals surface area (Å²) in [7, 11) is 0. The van der Waals surface area contributed by atoms with Gasteiger partial charge in [-0.3, -0.25) is 4.79 Å². The molecule has 0 aliphatic rings. The Morgan fingerprint density at radius 1 is 1.30 bits per heavy atom. The fourth-order valence-electron chi connectivity index (χ4n) is 2.79. The van der Waals surface area contributed by atoms with Crippen LogP contribution in [0.4, 0.5) is 5.00 Å². The summed E-state index contributed by atoms with van der Waals surface area (Å²) in [6, 6.07) is 14.9. The molecule has 30 heavy (non-hydrogen) atoms. The zero-order chi connectivity index (χ0) is 21.7. The molecule has 0 saturated heterocycles. The van der Waals surface area contributed by atoms with Crippen LogP contribution in [0.3, 0.4) is 0 Å². The fourth-order valence-corrected chi connectivity index (χ4v) is 3.79. The number of thiazole rings is 1. The highest BCUT2D eigenvalue weighted by Crippen LogP contribution is 2.37. The number of nitriles is 1. The van der Waals surface area contributed by atoms with Crippen molar-refractivity contribution in [1.82, 2.24) is 4.98 Å². The maximum atomic E-state index is 11.7. The molecule has 0 spiro atoms. The number of hydrogen-bond donors (Lipinski definition) is 2. The standard InChI is InChI=1S/C23H21N3O3S/c1-4-29-20-12-16(7-10-19(20)28)11-18(13-24)22-26-21(23(30-22)25-15(3)27)17-8-5-14(2)6-9-17/h5-12,28H,4H2,1-3H3,(H,25,27)/b18-11+. The van der Waals surface area contributed by atoms with E-state index in [0.717, 1.165) is 11.1 Å². The van der Waals surface area contributed by atoms with Crippen LogP contribution in [0.15, 0.2) is 42.5 Å². The Morgan fingerprint density at radius 3 is 2.67 bits per heavy atom. The fraction of sp³-hybridized carbons (Fsp3) is 0.174. The van der Waals surface area contributed by atoms with E-state index in [1.54, 1.807) is 18.2 Å². The molecule has 0 unspecified atom stereocenters. The molecule has 0 saturated carbocycles. The zero-order valence-corrected chi connectivity index (χ0v) is 17.7. The molecule has 1 amide bonds. The minimum Gasteiger partial charge on any atom is -0.504 e. The number of phenols is 1. The lowest BCUT2D eigenvalue weighted by Gasteiger charge is -2.06. The summed E-state index contributed by atoms with van der Waals surface area (Å²) in [6.45, 7) is 5.67. The summed E-state index contributed by atoms with van der Waals surface area (Å²) < 4.78 is 5.41. The van der Waals surface area contributed by atoms with Gasteiger partial charge in [0, 0.05) is 12.5 Å². The molecule has 0 aliphatic carbocycles. The number of nitrogens with zero attached hydrogens (tertiary/aromatic N) is 2. The van der Waals surface area contributed by atoms with Crippen molar-refractivity contribution >= 4 is 33.9 Å². The number of allylic oxidation sites excluding steroid dienone is 1. The third-order valence-electron chi connectivity index (χ3n) is 4.19. The van der Waals surface area contributed by atoms with Gasteiger partial charge in [0.15, 0.2) is 11.5 Å². The van der Waals surface area contributed by atoms with Crippen LogP contribution < -0.4 is 10.1 Å². The Balaban J connectivity index is 2.05. The third kappa shape index (κ3) is 4.85. The van der Waals surface area contributed by atoms with Gasteiger partial charge in [-0.1, -0.05) is 47.2 Å². The van der Waals surface area contributed by atoms with Crippen LogP contribution >= 0.6 is 11.3 Å². The van der Waals surface area contributed by atoms with Gasteiger partial charge in [0.25, 0.3) is 0 Å². The number of benzene rings is 2. The van der Waals surface area contributed by atoms with Gasteiger partial charge in [0.1, 0.15) is 21.8 Å². The quantitative estimate of drug-likeness (QED) is 0.532. The molecule has 0 atom stereocenters. The maximum Gasteiger partial charge on any atom is 0.221 e. The van der Waals surface area contributed by atoms with Crippen molar-refractivity contribution < 1.29 is 14.6 Å². The second-order valence-corrected chi connectivity index (χ2v) is 7.57. The van der Waals surface area contributed by atoms with Crippen LogP contribution in [0, 0.1) is 18.3 Å². The van der Waals surface area contributed by atoms with Gasteiger partial charge in [-0.25, -0.2) is 4.98 Å². The van der Waals surface area contributed by atoms with E-state index in [2.05, 4.69) is 16.4 Å². The van der Waals surface area contributed by atoms with Crippen LogP contribution in [0.2, 0.25) is 0 Å². The molecule has 0 radical (unpaired) electrons. The number of aryl methyl sites for hydroxylation is 1. The number of nitrogens with one attached hydrogen (secondary N) is 1. The molecule has 2 aromatic carbocycles. The number of anilines is 1. The molecular weight excluding hydrogens is 398 g/mol. The van der Waals surface area contributed by atoms with E-state index in [9.17, 15) is 15.2 Å². The number of amides is 1. The average Bonchev–Trinajstić information content (AvgIpc) is 3.12. The number of aromatic nitrogens is 1. The molecule has 1 aromatic heterocycles. The van der Waals surface area contributed by atoms with Crippen LogP contribution in [-0.4, -0.2) is 22.6 Å². The van der Waals surface area contributed by atoms with E-state index < -0.39 is 0 Å². The first-order valence-corrected chi connectivity index (χ1v) is 10.2. The van der Waals surface area contributed by atoms with Crippen molar-refractivity contribution in [2.24, 2.45) is 0 Å². The molecule has 6 nitrogen and oxygen atoms in total. The molecule has 0 aliphatic heterocycles. The molecular formula is C23H21N3O3S. The van der Waals surface area contributed by atoms with Gasteiger partial charge in [0.05, 0.1) is 12.2 Å². The van der Waals surface area contributed by atoms with Crippen LogP contribution in [0.1, 0.15) is 30.0 Å². The minimum atomic E-state index is -0.207. The van der Waals surface area contributed by atoms with Gasteiger partial charge in [-0.15, -0.1) is 0 Å². The van der Waals surface area contributed by atoms with Crippen LogP contribution in [0.25, 0.3) is 22.9 Å². The molecule has 3 rings (SSSR count). The van der Waals surface area contributed by atoms with Gasteiger partial charge >= 0.3 is 0 Å². The summed E-state index contributed by atoms with van der Waals surface area (Å²) in [5.41, 5.74) is 3.63. The lowest BCUT2D eigenvalue weighted by Crippen LogP contribution is -2.05. The number of carbonyl (C=O) groups excluding carboxylic acids is 1. The first-order chi connectivity index (χ1) is 14.4. The highest BCUT2D eigenvalue weighted by molar-refractivity contribution is 7.17. The second kappa shape index (κ2) is 9.25. The van der Waals surface area contributed by atoms with Crippen molar-refractivity contribution in [3.05, 3.63) is 58.6 Å². The largest absolute Gasteiger partial charge is 0.504 e. The Kier molecular flexibility index (Phi) is 6.50. The molecule has 2 N–H and O–H groups in total. The smallest absolute Gasteiger partial charge is 0.221 e. The normalized spacial score (nSPS) is 11.1. The first-order valence-electron chi connectivity index (χ1n) is 9.34. The molecule has 152 valence electrons. The van der Waals surface area contributed by atoms with E-state index >= 15 is 0 Å². The Morgan fingerprint density at radius 2 is 2.03 bits per heavy atom. The predicted molar refractivity (Wildman–Crippen MR) is 119 cm³/mol. The van der Waals surface area contributed by atoms with Crippen molar-refractivity contribution in [2.45, 2.75) is 20.8 Å². The van der Waals surface area contributed by atoms with Gasteiger partial charge < -0.3 is 15.2 Å². The summed E-state index contributed by atoms with van der Waals surface area (Å²) >= 11 is 1.24. The number of aromatic hydroxyl groups is 1. The summed E-state index contributed by atoms with van der Waals surface area (Å²) in [5.74, 6) is 0.180. The third-order valence-corrected chi connectivity index (χ3v) is 5.19. The molecule has 0 fully saturated rings. The minimum absolute atomic E-state index is 0.0383. The number of carbonyl (C=O) groups is 1. The van der Waals surface area contributed by atoms with Crippen molar-refractivity contribution in [3.63, 3.8) is 0 Å². The summed E-state index contributed by atoms with van der Waals surface area (Å²) in [5, 5.41) is 23.5. The Bertz CT molecular complexity index is 1140. The summed E-state index contributed by atoms with van der Waals surface area (Å²) in [4.78, 5) is 16.3. The molecule has 7 heteroatoms. The lowest BCUT2D eigenvalue weighted by atomic mass is 10.1. The topological polar surface area (TPSA) is 95.2 Å². The Labute approximate surface area is 179 Å². The number of rotatable bonds is 6. The van der Waals surface area contributed by atoms with E-state index in [-0.39, 0.29) is 11.7 Å². The maximum absolute atomic E-state index is 11.7. The van der Waals surface area contributed by atoms with Crippen LogP contribution in [-0.2, 0) is 4.79 Å². The second-order valence-electron chi connectivity index (χ2n) is 6.57. The van der Waals surface area contributed by atoms with E-state index in [1.165, 1.54) is 24.3 Å². The monoisotopic (exact) mass is 419 g/mol. The SMILES string of the molecule is CCOc1cc(/C=C(\C#N)c2nc(-c3ccc(C)cc3)c(NC(C)=O)s2)ccc1O. The molecule has 1 heterocycles. The number of ether oxygens (including phenoxy) is 1.